The molecule has 0 aliphatic carbocycles. The number of benzene rings is 1. The van der Waals surface area contributed by atoms with Gasteiger partial charge in [0.15, 0.2) is 0 Å². The van der Waals surface area contributed by atoms with Crippen LogP contribution in [0.25, 0.3) is 0 Å². The molecule has 1 aromatic rings. The number of carboxylic acids is 1. The number of rotatable bonds is 4. The number of halogens is 2. The molecule has 0 aliphatic heterocycles. The molecular formula is C12H14F2O2. The van der Waals surface area contributed by atoms with Crippen molar-refractivity contribution < 1.29 is 18.7 Å². The highest BCUT2D eigenvalue weighted by atomic mass is 19.1. The summed E-state index contributed by atoms with van der Waals surface area (Å²) in [5, 5.41) is 8.58. The second-order valence-corrected chi connectivity index (χ2v) is 4.40. The van der Waals surface area contributed by atoms with Crippen molar-refractivity contribution in [2.24, 2.45) is 0 Å². The second-order valence-electron chi connectivity index (χ2n) is 4.40. The molecule has 0 aliphatic rings. The molecule has 88 valence electrons. The molecule has 0 spiro atoms. The summed E-state index contributed by atoms with van der Waals surface area (Å²) >= 11 is 0. The van der Waals surface area contributed by atoms with Crippen molar-refractivity contribution in [3.63, 3.8) is 0 Å². The minimum atomic E-state index is -0.940. The van der Waals surface area contributed by atoms with Gasteiger partial charge >= 0.3 is 5.97 Å². The molecule has 0 saturated carbocycles. The smallest absolute Gasteiger partial charge is 0.303 e. The molecular weight excluding hydrogens is 214 g/mol. The van der Waals surface area contributed by atoms with Gasteiger partial charge in [0.2, 0.25) is 0 Å². The minimum Gasteiger partial charge on any atom is -0.481 e. The van der Waals surface area contributed by atoms with Crippen molar-refractivity contribution in [3.8, 4) is 0 Å². The van der Waals surface area contributed by atoms with Gasteiger partial charge in [0.05, 0.1) is 0 Å². The molecule has 1 N–H and O–H groups in total. The van der Waals surface area contributed by atoms with Crippen molar-refractivity contribution in [2.45, 2.75) is 32.1 Å². The Balaban J connectivity index is 2.96. The summed E-state index contributed by atoms with van der Waals surface area (Å²) in [6.07, 6.45) is 0.200. The maximum Gasteiger partial charge on any atom is 0.303 e. The van der Waals surface area contributed by atoms with Gasteiger partial charge in [-0.25, -0.2) is 8.78 Å². The van der Waals surface area contributed by atoms with E-state index >= 15 is 0 Å². The summed E-state index contributed by atoms with van der Waals surface area (Å²) in [7, 11) is 0. The van der Waals surface area contributed by atoms with Crippen LogP contribution in [0.15, 0.2) is 18.2 Å². The highest BCUT2D eigenvalue weighted by Crippen LogP contribution is 2.30. The van der Waals surface area contributed by atoms with E-state index in [1.54, 1.807) is 13.8 Å². The van der Waals surface area contributed by atoms with E-state index in [-0.39, 0.29) is 18.4 Å². The van der Waals surface area contributed by atoms with E-state index in [9.17, 15) is 13.6 Å². The molecule has 0 atom stereocenters. The molecule has 0 fully saturated rings. The second kappa shape index (κ2) is 4.60. The standard InChI is InChI=1S/C12H14F2O2/c1-12(2,6-5-11(15)16)9-7-8(13)3-4-10(9)14/h3-4,7H,5-6H2,1-2H3,(H,15,16). The Morgan fingerprint density at radius 1 is 1.38 bits per heavy atom. The zero-order valence-electron chi connectivity index (χ0n) is 9.26. The van der Waals surface area contributed by atoms with Crippen molar-refractivity contribution in [2.75, 3.05) is 0 Å². The number of hydrogen-bond donors (Lipinski definition) is 1. The summed E-state index contributed by atoms with van der Waals surface area (Å²) in [6.45, 7) is 3.40. The molecule has 0 heterocycles. The van der Waals surface area contributed by atoms with E-state index in [1.807, 2.05) is 0 Å². The lowest BCUT2D eigenvalue weighted by Crippen LogP contribution is -2.20. The van der Waals surface area contributed by atoms with Crippen LogP contribution in [-0.2, 0) is 10.2 Å². The molecule has 0 bridgehead atoms. The maximum absolute atomic E-state index is 13.5. The Bertz CT molecular complexity index is 400. The van der Waals surface area contributed by atoms with Gasteiger partial charge < -0.3 is 5.11 Å². The molecule has 0 amide bonds. The number of carboxylic acid groups (broad SMARTS) is 1. The Kier molecular flexibility index (Phi) is 3.62. The predicted molar refractivity (Wildman–Crippen MR) is 56.3 cm³/mol. The van der Waals surface area contributed by atoms with Crippen LogP contribution in [0.5, 0.6) is 0 Å². The lowest BCUT2D eigenvalue weighted by Gasteiger charge is -2.25. The minimum absolute atomic E-state index is 0.0665. The molecule has 0 saturated heterocycles. The zero-order valence-corrected chi connectivity index (χ0v) is 9.26. The average molecular weight is 228 g/mol. The van der Waals surface area contributed by atoms with Gasteiger partial charge in [-0.3, -0.25) is 4.79 Å². The van der Waals surface area contributed by atoms with E-state index in [1.165, 1.54) is 0 Å². The molecule has 2 nitrogen and oxygen atoms in total. The number of hydrogen-bond acceptors (Lipinski definition) is 1. The van der Waals surface area contributed by atoms with Crippen LogP contribution in [-0.4, -0.2) is 11.1 Å². The van der Waals surface area contributed by atoms with E-state index in [2.05, 4.69) is 0 Å². The van der Waals surface area contributed by atoms with Gasteiger partial charge in [0, 0.05) is 6.42 Å². The van der Waals surface area contributed by atoms with Crippen molar-refractivity contribution in [3.05, 3.63) is 35.4 Å². The van der Waals surface area contributed by atoms with Crippen LogP contribution in [0.4, 0.5) is 8.78 Å². The van der Waals surface area contributed by atoms with E-state index < -0.39 is 23.0 Å². The number of aliphatic carboxylic acids is 1. The summed E-state index contributed by atoms with van der Waals surface area (Å²) < 4.78 is 26.5. The fourth-order valence-corrected chi connectivity index (χ4v) is 1.57. The first-order chi connectivity index (χ1) is 7.33. The van der Waals surface area contributed by atoms with Gasteiger partial charge in [0.1, 0.15) is 11.6 Å². The molecule has 0 unspecified atom stereocenters. The summed E-state index contributed by atoms with van der Waals surface area (Å²) in [5.41, 5.74) is -0.473. The van der Waals surface area contributed by atoms with Crippen LogP contribution >= 0.6 is 0 Å². The zero-order chi connectivity index (χ0) is 12.3. The molecule has 1 rings (SSSR count). The third-order valence-electron chi connectivity index (χ3n) is 2.62. The first-order valence-corrected chi connectivity index (χ1v) is 5.00. The van der Waals surface area contributed by atoms with Gasteiger partial charge in [-0.05, 0) is 35.6 Å². The van der Waals surface area contributed by atoms with Gasteiger partial charge in [0.25, 0.3) is 0 Å². The van der Waals surface area contributed by atoms with Crippen LogP contribution in [0.2, 0.25) is 0 Å². The van der Waals surface area contributed by atoms with Crippen LogP contribution in [0, 0.1) is 11.6 Å². The summed E-state index contributed by atoms with van der Waals surface area (Å²) in [5.74, 6) is -1.96. The van der Waals surface area contributed by atoms with Gasteiger partial charge in [-0.15, -0.1) is 0 Å². The highest BCUT2D eigenvalue weighted by molar-refractivity contribution is 5.66. The molecule has 1 aromatic carbocycles. The first-order valence-electron chi connectivity index (χ1n) is 5.00. The quantitative estimate of drug-likeness (QED) is 0.859. The lowest BCUT2D eigenvalue weighted by molar-refractivity contribution is -0.137. The molecule has 0 aromatic heterocycles. The Hall–Kier alpha value is -1.45. The van der Waals surface area contributed by atoms with E-state index in [0.717, 1.165) is 18.2 Å². The van der Waals surface area contributed by atoms with Crippen molar-refractivity contribution in [1.82, 2.24) is 0 Å². The average Bonchev–Trinajstić information content (AvgIpc) is 2.19. The fourth-order valence-electron chi connectivity index (χ4n) is 1.57. The normalized spacial score (nSPS) is 11.5. The van der Waals surface area contributed by atoms with Crippen LogP contribution in [0.1, 0.15) is 32.3 Å². The Morgan fingerprint density at radius 2 is 2.00 bits per heavy atom. The maximum atomic E-state index is 13.5. The third kappa shape index (κ3) is 3.02. The number of carbonyl (C=O) groups is 1. The largest absolute Gasteiger partial charge is 0.481 e. The highest BCUT2D eigenvalue weighted by Gasteiger charge is 2.25. The molecule has 4 heteroatoms. The molecule has 16 heavy (non-hydrogen) atoms. The monoisotopic (exact) mass is 228 g/mol. The third-order valence-corrected chi connectivity index (χ3v) is 2.62. The SMILES string of the molecule is CC(C)(CCC(=O)O)c1cc(F)ccc1F. The Labute approximate surface area is 92.9 Å². The van der Waals surface area contributed by atoms with Crippen LogP contribution < -0.4 is 0 Å². The first kappa shape index (κ1) is 12.6. The van der Waals surface area contributed by atoms with E-state index in [4.69, 9.17) is 5.11 Å². The fraction of sp³-hybridized carbons (Fsp3) is 0.417. The van der Waals surface area contributed by atoms with Crippen molar-refractivity contribution in [1.29, 1.82) is 0 Å². The topological polar surface area (TPSA) is 37.3 Å². The van der Waals surface area contributed by atoms with Crippen LogP contribution in [0.3, 0.4) is 0 Å². The van der Waals surface area contributed by atoms with Crippen molar-refractivity contribution >= 4 is 5.97 Å². The van der Waals surface area contributed by atoms with Gasteiger partial charge in [-0.2, -0.15) is 0 Å². The predicted octanol–water partition coefficient (Wildman–Crippen LogP) is 3.11. The summed E-state index contributed by atoms with van der Waals surface area (Å²) in [4.78, 5) is 10.5. The summed E-state index contributed by atoms with van der Waals surface area (Å²) in [6, 6.07) is 3.23. The molecule has 0 radical (unpaired) electrons. The van der Waals surface area contributed by atoms with Gasteiger partial charge in [-0.1, -0.05) is 13.8 Å². The lowest BCUT2D eigenvalue weighted by atomic mass is 9.80. The van der Waals surface area contributed by atoms with E-state index in [0.29, 0.717) is 0 Å². The Morgan fingerprint density at radius 3 is 2.56 bits per heavy atom.